The number of ether oxygens (including phenoxy) is 2. The van der Waals surface area contributed by atoms with Crippen molar-refractivity contribution in [3.05, 3.63) is 70.1 Å². The number of methoxy groups -OCH3 is 1. The lowest BCUT2D eigenvalue weighted by Crippen LogP contribution is -2.27. The first-order valence-electron chi connectivity index (χ1n) is 7.99. The topological polar surface area (TPSA) is 38.8 Å². The van der Waals surface area contributed by atoms with Crippen molar-refractivity contribution in [1.82, 2.24) is 0 Å². The lowest BCUT2D eigenvalue weighted by Gasteiger charge is -2.14. The number of amides is 1. The zero-order valence-corrected chi connectivity index (χ0v) is 17.7. The van der Waals surface area contributed by atoms with E-state index in [-0.39, 0.29) is 5.91 Å². The number of hydrogen-bond donors (Lipinski definition) is 0. The van der Waals surface area contributed by atoms with Crippen LogP contribution in [0.15, 0.2) is 64.5 Å². The van der Waals surface area contributed by atoms with Gasteiger partial charge in [-0.05, 0) is 51.8 Å². The molecule has 0 atom stereocenters. The Morgan fingerprint density at radius 3 is 2.70 bits per heavy atom. The SMILES string of the molecule is C=CCOc1c(Br)cc(/C=C2/SC(=S)N(c3ccccc3)C2=O)cc1OC. The maximum atomic E-state index is 12.8. The highest BCUT2D eigenvalue weighted by Gasteiger charge is 2.33. The van der Waals surface area contributed by atoms with Crippen molar-refractivity contribution in [2.24, 2.45) is 0 Å². The van der Waals surface area contributed by atoms with E-state index in [9.17, 15) is 4.79 Å². The van der Waals surface area contributed by atoms with E-state index in [0.717, 1.165) is 15.7 Å². The lowest BCUT2D eigenvalue weighted by molar-refractivity contribution is -0.113. The number of carbonyl (C=O) groups excluding carboxylic acids is 1. The van der Waals surface area contributed by atoms with E-state index in [2.05, 4.69) is 22.5 Å². The summed E-state index contributed by atoms with van der Waals surface area (Å²) in [6, 6.07) is 13.1. The van der Waals surface area contributed by atoms with Crippen molar-refractivity contribution in [1.29, 1.82) is 0 Å². The van der Waals surface area contributed by atoms with E-state index < -0.39 is 0 Å². The highest BCUT2D eigenvalue weighted by molar-refractivity contribution is 9.10. The number of thiocarbonyl (C=S) groups is 1. The van der Waals surface area contributed by atoms with Gasteiger partial charge in [-0.3, -0.25) is 9.69 Å². The molecule has 27 heavy (non-hydrogen) atoms. The molecule has 3 rings (SSSR count). The molecule has 7 heteroatoms. The number of hydrogen-bond acceptors (Lipinski definition) is 5. The predicted octanol–water partition coefficient (Wildman–Crippen LogP) is 5.43. The van der Waals surface area contributed by atoms with Crippen LogP contribution in [-0.4, -0.2) is 23.9 Å². The Morgan fingerprint density at radius 1 is 1.30 bits per heavy atom. The highest BCUT2D eigenvalue weighted by atomic mass is 79.9. The fraction of sp³-hybridized carbons (Fsp3) is 0.100. The van der Waals surface area contributed by atoms with E-state index in [1.165, 1.54) is 11.8 Å². The van der Waals surface area contributed by atoms with Crippen LogP contribution in [0, 0.1) is 0 Å². The van der Waals surface area contributed by atoms with E-state index in [1.807, 2.05) is 42.5 Å². The Kier molecular flexibility index (Phi) is 6.36. The molecule has 2 aromatic rings. The molecule has 0 aromatic heterocycles. The quantitative estimate of drug-likeness (QED) is 0.325. The molecule has 0 saturated carbocycles. The largest absolute Gasteiger partial charge is 0.493 e. The number of nitrogens with zero attached hydrogens (tertiary/aromatic N) is 1. The van der Waals surface area contributed by atoms with Crippen LogP contribution in [0.3, 0.4) is 0 Å². The van der Waals surface area contributed by atoms with Gasteiger partial charge in [-0.2, -0.15) is 0 Å². The molecule has 0 bridgehead atoms. The monoisotopic (exact) mass is 461 g/mol. The number of carbonyl (C=O) groups is 1. The van der Waals surface area contributed by atoms with Crippen LogP contribution in [0.4, 0.5) is 5.69 Å². The second-order valence-electron chi connectivity index (χ2n) is 5.49. The summed E-state index contributed by atoms with van der Waals surface area (Å²) in [4.78, 5) is 14.9. The van der Waals surface area contributed by atoms with Crippen LogP contribution >= 0.6 is 39.9 Å². The van der Waals surface area contributed by atoms with E-state index in [4.69, 9.17) is 21.7 Å². The number of rotatable bonds is 6. The van der Waals surface area contributed by atoms with Crippen LogP contribution in [0.5, 0.6) is 11.5 Å². The summed E-state index contributed by atoms with van der Waals surface area (Å²) in [6.45, 7) is 4.01. The van der Waals surface area contributed by atoms with Crippen molar-refractivity contribution in [3.63, 3.8) is 0 Å². The number of para-hydroxylation sites is 1. The second kappa shape index (κ2) is 8.73. The number of benzene rings is 2. The highest BCUT2D eigenvalue weighted by Crippen LogP contribution is 2.40. The summed E-state index contributed by atoms with van der Waals surface area (Å²) >= 11 is 10.2. The molecule has 1 aliphatic heterocycles. The molecule has 4 nitrogen and oxygen atoms in total. The van der Waals surface area contributed by atoms with Crippen molar-refractivity contribution < 1.29 is 14.3 Å². The second-order valence-corrected chi connectivity index (χ2v) is 8.02. The van der Waals surface area contributed by atoms with Gasteiger partial charge in [-0.15, -0.1) is 0 Å². The van der Waals surface area contributed by atoms with Gasteiger partial charge in [0.2, 0.25) is 0 Å². The normalized spacial score (nSPS) is 15.3. The van der Waals surface area contributed by atoms with Gasteiger partial charge in [-0.1, -0.05) is 54.8 Å². The molecule has 0 spiro atoms. The zero-order valence-electron chi connectivity index (χ0n) is 14.5. The van der Waals surface area contributed by atoms with Crippen LogP contribution in [0.25, 0.3) is 6.08 Å². The Morgan fingerprint density at radius 2 is 2.04 bits per heavy atom. The molecule has 1 aliphatic rings. The van der Waals surface area contributed by atoms with E-state index in [1.54, 1.807) is 24.2 Å². The first kappa shape index (κ1) is 19.7. The Labute approximate surface area is 176 Å². The number of halogens is 1. The fourth-order valence-electron chi connectivity index (χ4n) is 2.52. The molecular weight excluding hydrogens is 446 g/mol. The molecule has 1 amide bonds. The summed E-state index contributed by atoms with van der Waals surface area (Å²) in [6.07, 6.45) is 3.46. The zero-order chi connectivity index (χ0) is 19.4. The molecule has 1 saturated heterocycles. The van der Waals surface area contributed by atoms with Gasteiger partial charge in [0.1, 0.15) is 6.61 Å². The minimum atomic E-state index is -0.140. The predicted molar refractivity (Wildman–Crippen MR) is 118 cm³/mol. The van der Waals surface area contributed by atoms with Crippen molar-refractivity contribution in [2.75, 3.05) is 18.6 Å². The summed E-state index contributed by atoms with van der Waals surface area (Å²) in [5.41, 5.74) is 1.56. The third-order valence-corrected chi connectivity index (χ3v) is 5.59. The maximum absolute atomic E-state index is 12.8. The minimum Gasteiger partial charge on any atom is -0.493 e. The van der Waals surface area contributed by atoms with E-state index >= 15 is 0 Å². The Hall–Kier alpha value is -2.09. The van der Waals surface area contributed by atoms with Gasteiger partial charge in [0.15, 0.2) is 15.8 Å². The van der Waals surface area contributed by atoms with Crippen molar-refractivity contribution >= 4 is 61.9 Å². The molecular formula is C20H16BrNO3S2. The molecule has 0 aliphatic carbocycles. The van der Waals surface area contributed by atoms with Gasteiger partial charge >= 0.3 is 0 Å². The summed E-state index contributed by atoms with van der Waals surface area (Å²) in [7, 11) is 1.57. The number of anilines is 1. The lowest BCUT2D eigenvalue weighted by atomic mass is 10.1. The molecule has 1 heterocycles. The van der Waals surface area contributed by atoms with Crippen LogP contribution in [0.1, 0.15) is 5.56 Å². The van der Waals surface area contributed by atoms with Gasteiger partial charge in [0.05, 0.1) is 22.2 Å². The molecule has 1 fully saturated rings. The van der Waals surface area contributed by atoms with Gasteiger partial charge < -0.3 is 9.47 Å². The van der Waals surface area contributed by atoms with Crippen LogP contribution < -0.4 is 14.4 Å². The third-order valence-electron chi connectivity index (χ3n) is 3.70. The summed E-state index contributed by atoms with van der Waals surface area (Å²) in [5.74, 6) is 1.01. The molecule has 0 radical (unpaired) electrons. The molecule has 0 unspecified atom stereocenters. The van der Waals surface area contributed by atoms with Gasteiger partial charge in [0.25, 0.3) is 5.91 Å². The first-order valence-corrected chi connectivity index (χ1v) is 10.0. The van der Waals surface area contributed by atoms with Crippen molar-refractivity contribution in [2.45, 2.75) is 0 Å². The number of thioether (sulfide) groups is 1. The van der Waals surface area contributed by atoms with Gasteiger partial charge in [-0.25, -0.2) is 0 Å². The summed E-state index contributed by atoms with van der Waals surface area (Å²) < 4.78 is 12.3. The molecule has 2 aromatic carbocycles. The first-order chi connectivity index (χ1) is 13.0. The van der Waals surface area contributed by atoms with Crippen LogP contribution in [-0.2, 0) is 4.79 Å². The van der Waals surface area contributed by atoms with Gasteiger partial charge in [0, 0.05) is 0 Å². The summed E-state index contributed by atoms with van der Waals surface area (Å²) in [5, 5.41) is 0. The van der Waals surface area contributed by atoms with E-state index in [0.29, 0.717) is 27.3 Å². The maximum Gasteiger partial charge on any atom is 0.270 e. The average molecular weight is 462 g/mol. The van der Waals surface area contributed by atoms with Crippen molar-refractivity contribution in [3.8, 4) is 11.5 Å². The third kappa shape index (κ3) is 4.26. The minimum absolute atomic E-state index is 0.140. The average Bonchev–Trinajstić information content (AvgIpc) is 2.94. The van der Waals surface area contributed by atoms with Crippen LogP contribution in [0.2, 0.25) is 0 Å². The standard InChI is InChI=1S/C20H16BrNO3S2/c1-3-9-25-18-15(21)10-13(11-16(18)24-2)12-17-19(23)22(20(26)27-17)14-7-5-4-6-8-14/h3-8,10-12H,1,9H2,2H3/b17-12+. The fourth-order valence-corrected chi connectivity index (χ4v) is 4.40. The molecule has 0 N–H and O–H groups in total. The molecule has 138 valence electrons. The Balaban J connectivity index is 1.93. The smallest absolute Gasteiger partial charge is 0.270 e. The Bertz CT molecular complexity index is 928.